The lowest BCUT2D eigenvalue weighted by Gasteiger charge is -2.16. The average molecular weight is 380 g/mol. The molecular formula is C17H17FN2O3S2. The second kappa shape index (κ2) is 7.61. The van der Waals surface area contributed by atoms with Crippen LogP contribution in [0, 0.1) is 5.82 Å². The summed E-state index contributed by atoms with van der Waals surface area (Å²) < 4.78 is 19.7. The van der Waals surface area contributed by atoms with Gasteiger partial charge in [-0.2, -0.15) is 0 Å². The summed E-state index contributed by atoms with van der Waals surface area (Å²) in [5, 5.41) is -0.0935. The number of halogens is 1. The molecule has 0 bridgehead atoms. The van der Waals surface area contributed by atoms with Crippen LogP contribution in [0.2, 0.25) is 0 Å². The van der Waals surface area contributed by atoms with Crippen LogP contribution >= 0.6 is 23.5 Å². The first-order valence-corrected chi connectivity index (χ1v) is 9.75. The first-order valence-electron chi connectivity index (χ1n) is 7.89. The summed E-state index contributed by atoms with van der Waals surface area (Å²) in [6.07, 6.45) is 0.723. The zero-order valence-electron chi connectivity index (χ0n) is 13.8. The van der Waals surface area contributed by atoms with Crippen molar-refractivity contribution >= 4 is 29.5 Å². The summed E-state index contributed by atoms with van der Waals surface area (Å²) in [5.41, 5.74) is 1.09. The van der Waals surface area contributed by atoms with Gasteiger partial charge in [0, 0.05) is 12.2 Å². The van der Waals surface area contributed by atoms with Crippen LogP contribution in [0.3, 0.4) is 0 Å². The van der Waals surface area contributed by atoms with Crippen molar-refractivity contribution in [1.82, 2.24) is 9.55 Å². The first kappa shape index (κ1) is 18.0. The number of aromatic nitrogens is 2. The zero-order chi connectivity index (χ0) is 18.0. The van der Waals surface area contributed by atoms with Gasteiger partial charge in [0.25, 0.3) is 5.56 Å². The van der Waals surface area contributed by atoms with Crippen molar-refractivity contribution in [3.63, 3.8) is 0 Å². The van der Waals surface area contributed by atoms with E-state index in [1.54, 1.807) is 13.8 Å². The summed E-state index contributed by atoms with van der Waals surface area (Å²) in [4.78, 5) is 30.1. The number of esters is 1. The summed E-state index contributed by atoms with van der Waals surface area (Å²) in [5.74, 6) is 0.0689. The Morgan fingerprint density at radius 3 is 2.84 bits per heavy atom. The molecule has 1 atom stereocenters. The average Bonchev–Trinajstić information content (AvgIpc) is 3.05. The van der Waals surface area contributed by atoms with Gasteiger partial charge in [-0.25, -0.2) is 9.37 Å². The van der Waals surface area contributed by atoms with E-state index in [0.29, 0.717) is 22.3 Å². The SMILES string of the molecule is CCOC(=O)[C@@H](C)Sc1nc2c(c(=O)n1-c1ccc(F)cc1)SCC2. The fourth-order valence-electron chi connectivity index (χ4n) is 2.46. The van der Waals surface area contributed by atoms with Gasteiger partial charge in [0.05, 0.1) is 22.9 Å². The van der Waals surface area contributed by atoms with E-state index < -0.39 is 5.25 Å². The van der Waals surface area contributed by atoms with Gasteiger partial charge in [-0.3, -0.25) is 14.2 Å². The van der Waals surface area contributed by atoms with E-state index in [1.165, 1.54) is 52.4 Å². The van der Waals surface area contributed by atoms with Gasteiger partial charge in [0.2, 0.25) is 0 Å². The van der Waals surface area contributed by atoms with Crippen molar-refractivity contribution < 1.29 is 13.9 Å². The van der Waals surface area contributed by atoms with Gasteiger partial charge in [-0.1, -0.05) is 11.8 Å². The van der Waals surface area contributed by atoms with Gasteiger partial charge >= 0.3 is 5.97 Å². The molecule has 8 heteroatoms. The van der Waals surface area contributed by atoms with E-state index >= 15 is 0 Å². The van der Waals surface area contributed by atoms with Crippen LogP contribution in [0.4, 0.5) is 4.39 Å². The maximum Gasteiger partial charge on any atom is 0.319 e. The van der Waals surface area contributed by atoms with Crippen LogP contribution in [0.1, 0.15) is 19.5 Å². The predicted octanol–water partition coefficient (Wildman–Crippen LogP) is 3.06. The van der Waals surface area contributed by atoms with Gasteiger partial charge < -0.3 is 4.74 Å². The minimum atomic E-state index is -0.509. The summed E-state index contributed by atoms with van der Waals surface area (Å²) in [6, 6.07) is 5.66. The minimum absolute atomic E-state index is 0.183. The summed E-state index contributed by atoms with van der Waals surface area (Å²) >= 11 is 2.65. The van der Waals surface area contributed by atoms with Crippen molar-refractivity contribution in [2.45, 2.75) is 35.6 Å². The number of fused-ring (bicyclic) bond motifs is 1. The van der Waals surface area contributed by atoms with Crippen molar-refractivity contribution in [2.75, 3.05) is 12.4 Å². The molecule has 2 heterocycles. The number of ether oxygens (including phenoxy) is 1. The highest BCUT2D eigenvalue weighted by atomic mass is 32.2. The Kier molecular flexibility index (Phi) is 5.48. The van der Waals surface area contributed by atoms with Crippen molar-refractivity contribution in [3.8, 4) is 5.69 Å². The number of carbonyl (C=O) groups is 1. The van der Waals surface area contributed by atoms with E-state index in [9.17, 15) is 14.0 Å². The van der Waals surface area contributed by atoms with Gasteiger partial charge in [0.15, 0.2) is 5.16 Å². The third kappa shape index (κ3) is 3.74. The van der Waals surface area contributed by atoms with Gasteiger partial charge in [-0.05, 0) is 38.1 Å². The second-order valence-corrected chi connectivity index (χ2v) is 7.81. The van der Waals surface area contributed by atoms with Crippen LogP contribution < -0.4 is 5.56 Å². The van der Waals surface area contributed by atoms with Crippen molar-refractivity contribution in [2.24, 2.45) is 0 Å². The molecule has 1 aliphatic heterocycles. The molecule has 0 fully saturated rings. The molecule has 2 aromatic rings. The smallest absolute Gasteiger partial charge is 0.319 e. The molecule has 1 aromatic heterocycles. The quantitative estimate of drug-likeness (QED) is 0.451. The lowest BCUT2D eigenvalue weighted by Crippen LogP contribution is -2.26. The molecule has 0 saturated heterocycles. The number of aryl methyl sites for hydroxylation is 1. The topological polar surface area (TPSA) is 61.2 Å². The Balaban J connectivity index is 2.07. The Morgan fingerprint density at radius 2 is 2.16 bits per heavy atom. The maximum atomic E-state index is 13.3. The van der Waals surface area contributed by atoms with Crippen molar-refractivity contribution in [1.29, 1.82) is 0 Å². The fraction of sp³-hybridized carbons (Fsp3) is 0.353. The third-order valence-electron chi connectivity index (χ3n) is 3.65. The standard InChI is InChI=1S/C17H17FN2O3S2/c1-3-23-16(22)10(2)25-17-19-13-8-9-24-14(13)15(21)20(17)12-6-4-11(18)5-7-12/h4-7,10H,3,8-9H2,1-2H3/t10-/m1/s1. The Labute approximate surface area is 153 Å². The highest BCUT2D eigenvalue weighted by Crippen LogP contribution is 2.31. The molecular weight excluding hydrogens is 363 g/mol. The molecule has 0 aliphatic carbocycles. The second-order valence-electron chi connectivity index (χ2n) is 5.40. The molecule has 0 amide bonds. The Morgan fingerprint density at radius 1 is 1.44 bits per heavy atom. The number of thioether (sulfide) groups is 2. The lowest BCUT2D eigenvalue weighted by molar-refractivity contribution is -0.142. The molecule has 5 nitrogen and oxygen atoms in total. The molecule has 1 aromatic carbocycles. The summed E-state index contributed by atoms with van der Waals surface area (Å²) in [7, 11) is 0. The maximum absolute atomic E-state index is 13.3. The Bertz CT molecular complexity index is 852. The number of rotatable bonds is 5. The van der Waals surface area contributed by atoms with Crippen molar-refractivity contribution in [3.05, 3.63) is 46.1 Å². The molecule has 1 aliphatic rings. The van der Waals surface area contributed by atoms with Crippen LogP contribution in [0.25, 0.3) is 5.69 Å². The van der Waals surface area contributed by atoms with Crippen LogP contribution in [-0.4, -0.2) is 33.1 Å². The van der Waals surface area contributed by atoms with Gasteiger partial charge in [-0.15, -0.1) is 11.8 Å². The molecule has 0 unspecified atom stereocenters. The molecule has 132 valence electrons. The zero-order valence-corrected chi connectivity index (χ0v) is 15.5. The first-order chi connectivity index (χ1) is 12.0. The monoisotopic (exact) mass is 380 g/mol. The minimum Gasteiger partial charge on any atom is -0.465 e. The third-order valence-corrected chi connectivity index (χ3v) is 5.79. The number of hydrogen-bond acceptors (Lipinski definition) is 6. The van der Waals surface area contributed by atoms with E-state index in [4.69, 9.17) is 4.74 Å². The van der Waals surface area contributed by atoms with E-state index in [0.717, 1.165) is 17.9 Å². The largest absolute Gasteiger partial charge is 0.465 e. The highest BCUT2D eigenvalue weighted by Gasteiger charge is 2.25. The molecule has 25 heavy (non-hydrogen) atoms. The molecule has 3 rings (SSSR count). The molecule has 0 radical (unpaired) electrons. The number of carbonyl (C=O) groups excluding carboxylic acids is 1. The van der Waals surface area contributed by atoms with E-state index in [1.807, 2.05) is 0 Å². The van der Waals surface area contributed by atoms with E-state index in [-0.39, 0.29) is 17.3 Å². The Hall–Kier alpha value is -1.80. The van der Waals surface area contributed by atoms with Crippen LogP contribution in [0.15, 0.2) is 39.1 Å². The molecule has 0 spiro atoms. The van der Waals surface area contributed by atoms with Crippen LogP contribution in [-0.2, 0) is 16.0 Å². The normalized spacial score (nSPS) is 14.2. The van der Waals surface area contributed by atoms with E-state index in [2.05, 4.69) is 4.98 Å². The highest BCUT2D eigenvalue weighted by molar-refractivity contribution is 8.00. The number of nitrogens with zero attached hydrogens (tertiary/aromatic N) is 2. The number of benzene rings is 1. The molecule has 0 N–H and O–H groups in total. The predicted molar refractivity (Wildman–Crippen MR) is 96.2 cm³/mol. The van der Waals surface area contributed by atoms with Crippen LogP contribution in [0.5, 0.6) is 0 Å². The lowest BCUT2D eigenvalue weighted by atomic mass is 10.3. The fourth-order valence-corrected chi connectivity index (χ4v) is 4.42. The van der Waals surface area contributed by atoms with Gasteiger partial charge in [0.1, 0.15) is 11.1 Å². The number of hydrogen-bond donors (Lipinski definition) is 0. The molecule has 0 saturated carbocycles. The summed E-state index contributed by atoms with van der Waals surface area (Å²) in [6.45, 7) is 3.75.